The molecule has 1 aliphatic rings. The van der Waals surface area contributed by atoms with Crippen molar-refractivity contribution in [2.75, 3.05) is 18.8 Å². The van der Waals surface area contributed by atoms with E-state index >= 15 is 0 Å². The van der Waals surface area contributed by atoms with Gasteiger partial charge in [-0.25, -0.2) is 0 Å². The number of aromatic amines is 1. The first-order chi connectivity index (χ1) is 13.2. The van der Waals surface area contributed by atoms with Crippen molar-refractivity contribution in [1.82, 2.24) is 9.88 Å². The predicted octanol–water partition coefficient (Wildman–Crippen LogP) is 4.16. The van der Waals surface area contributed by atoms with Crippen LogP contribution in [0.3, 0.4) is 0 Å². The number of anilines is 1. The van der Waals surface area contributed by atoms with Gasteiger partial charge in [0, 0.05) is 41.7 Å². The molecule has 0 radical (unpaired) electrons. The second kappa shape index (κ2) is 7.97. The molecule has 2 heterocycles. The van der Waals surface area contributed by atoms with E-state index in [1.807, 2.05) is 24.3 Å². The Labute approximate surface area is 160 Å². The fraction of sp³-hybridized carbons (Fsp3) is 0.348. The zero-order chi connectivity index (χ0) is 18.6. The molecule has 140 valence electrons. The van der Waals surface area contributed by atoms with Crippen LogP contribution in [-0.4, -0.2) is 28.8 Å². The van der Waals surface area contributed by atoms with Gasteiger partial charge >= 0.3 is 0 Å². The summed E-state index contributed by atoms with van der Waals surface area (Å²) >= 11 is 0. The summed E-state index contributed by atoms with van der Waals surface area (Å²) in [5.74, 6) is 0.848. The lowest BCUT2D eigenvalue weighted by atomic mass is 9.90. The summed E-state index contributed by atoms with van der Waals surface area (Å²) in [5.41, 5.74) is 9.98. The molecule has 0 saturated carbocycles. The Morgan fingerprint density at radius 3 is 2.63 bits per heavy atom. The van der Waals surface area contributed by atoms with Crippen molar-refractivity contribution in [3.8, 4) is 0 Å². The number of hydrogen-bond donors (Lipinski definition) is 2. The van der Waals surface area contributed by atoms with E-state index in [1.54, 1.807) is 0 Å². The molecule has 0 unspecified atom stereocenters. The summed E-state index contributed by atoms with van der Waals surface area (Å²) in [6, 6.07) is 18.5. The molecular formula is C23H27N3O. The third-order valence-electron chi connectivity index (χ3n) is 5.56. The first-order valence-corrected chi connectivity index (χ1v) is 9.81. The standard InChI is InChI=1S/C23H27N3O/c24-20-6-7-23-19(13-20)14-21(25-23)15-22(27)12-17-8-10-26(11-9-17)16-18-4-2-1-3-5-18/h1-7,13-14,17,25H,8-12,15-16,24H2. The van der Waals surface area contributed by atoms with Gasteiger partial charge in [-0.05, 0) is 61.7 Å². The maximum atomic E-state index is 12.5. The van der Waals surface area contributed by atoms with Crippen LogP contribution < -0.4 is 5.73 Å². The van der Waals surface area contributed by atoms with Gasteiger partial charge in [0.25, 0.3) is 0 Å². The van der Waals surface area contributed by atoms with Crippen molar-refractivity contribution < 1.29 is 4.79 Å². The highest BCUT2D eigenvalue weighted by Gasteiger charge is 2.21. The molecule has 1 aromatic heterocycles. The number of aromatic nitrogens is 1. The van der Waals surface area contributed by atoms with Crippen molar-refractivity contribution in [3.05, 3.63) is 65.9 Å². The van der Waals surface area contributed by atoms with Crippen LogP contribution in [0.15, 0.2) is 54.6 Å². The number of nitrogens with one attached hydrogen (secondary N) is 1. The van der Waals surface area contributed by atoms with Gasteiger partial charge in [0.05, 0.1) is 0 Å². The fourth-order valence-corrected chi connectivity index (χ4v) is 4.10. The Balaban J connectivity index is 1.26. The zero-order valence-corrected chi connectivity index (χ0v) is 15.7. The monoisotopic (exact) mass is 361 g/mol. The van der Waals surface area contributed by atoms with E-state index in [-0.39, 0.29) is 0 Å². The third-order valence-corrected chi connectivity index (χ3v) is 5.56. The highest BCUT2D eigenvalue weighted by atomic mass is 16.1. The van der Waals surface area contributed by atoms with Crippen molar-refractivity contribution in [1.29, 1.82) is 0 Å². The molecule has 3 N–H and O–H groups in total. The van der Waals surface area contributed by atoms with Crippen molar-refractivity contribution >= 4 is 22.4 Å². The van der Waals surface area contributed by atoms with E-state index in [4.69, 9.17) is 5.73 Å². The molecule has 1 aliphatic heterocycles. The number of piperidine rings is 1. The lowest BCUT2D eigenvalue weighted by molar-refractivity contribution is -0.119. The van der Waals surface area contributed by atoms with Crippen LogP contribution in [0.4, 0.5) is 5.69 Å². The van der Waals surface area contributed by atoms with E-state index in [2.05, 4.69) is 40.2 Å². The molecule has 4 rings (SSSR count). The Bertz CT molecular complexity index is 908. The quantitative estimate of drug-likeness (QED) is 0.648. The number of nitrogen functional groups attached to an aromatic ring is 1. The number of carbonyl (C=O) groups excluding carboxylic acids is 1. The van der Waals surface area contributed by atoms with Crippen LogP contribution in [0, 0.1) is 5.92 Å². The molecule has 27 heavy (non-hydrogen) atoms. The third kappa shape index (κ3) is 4.58. The second-order valence-corrected chi connectivity index (χ2v) is 7.77. The number of carbonyl (C=O) groups is 1. The molecule has 0 atom stereocenters. The number of Topliss-reactive ketones (excluding diaryl/α,β-unsaturated/α-hetero) is 1. The van der Waals surface area contributed by atoms with Gasteiger partial charge in [0.2, 0.25) is 0 Å². The SMILES string of the molecule is Nc1ccc2[nH]c(CC(=O)CC3CCN(Cc4ccccc4)CC3)cc2c1. The molecule has 1 saturated heterocycles. The lowest BCUT2D eigenvalue weighted by Gasteiger charge is -2.31. The summed E-state index contributed by atoms with van der Waals surface area (Å²) in [4.78, 5) is 18.4. The van der Waals surface area contributed by atoms with Gasteiger partial charge in [-0.1, -0.05) is 30.3 Å². The van der Waals surface area contributed by atoms with Gasteiger partial charge in [-0.2, -0.15) is 0 Å². The number of benzene rings is 2. The smallest absolute Gasteiger partial charge is 0.139 e. The Morgan fingerprint density at radius 1 is 1.07 bits per heavy atom. The van der Waals surface area contributed by atoms with Crippen LogP contribution >= 0.6 is 0 Å². The molecule has 0 bridgehead atoms. The molecule has 1 fully saturated rings. The lowest BCUT2D eigenvalue weighted by Crippen LogP contribution is -2.34. The summed E-state index contributed by atoms with van der Waals surface area (Å²) in [7, 11) is 0. The molecule has 4 nitrogen and oxygen atoms in total. The number of nitrogens with two attached hydrogens (primary N) is 1. The number of likely N-dealkylation sites (tertiary alicyclic amines) is 1. The van der Waals surface area contributed by atoms with Gasteiger partial charge in [-0.3, -0.25) is 9.69 Å². The molecule has 0 spiro atoms. The number of fused-ring (bicyclic) bond motifs is 1. The van der Waals surface area contributed by atoms with E-state index in [0.29, 0.717) is 24.5 Å². The van der Waals surface area contributed by atoms with Gasteiger partial charge in [0.15, 0.2) is 0 Å². The fourth-order valence-electron chi connectivity index (χ4n) is 4.10. The number of ketones is 1. The van der Waals surface area contributed by atoms with Gasteiger partial charge in [-0.15, -0.1) is 0 Å². The van der Waals surface area contributed by atoms with Crippen LogP contribution in [0.25, 0.3) is 10.9 Å². The number of rotatable bonds is 6. The maximum absolute atomic E-state index is 12.5. The minimum atomic E-state index is 0.330. The Hall–Kier alpha value is -2.59. The van der Waals surface area contributed by atoms with E-state index < -0.39 is 0 Å². The number of nitrogens with zero attached hydrogens (tertiary/aromatic N) is 1. The largest absolute Gasteiger partial charge is 0.399 e. The maximum Gasteiger partial charge on any atom is 0.139 e. The predicted molar refractivity (Wildman–Crippen MR) is 110 cm³/mol. The topological polar surface area (TPSA) is 62.1 Å². The van der Waals surface area contributed by atoms with Crippen LogP contribution in [0.2, 0.25) is 0 Å². The summed E-state index contributed by atoms with van der Waals surface area (Å²) in [5, 5.41) is 1.08. The van der Waals surface area contributed by atoms with E-state index in [1.165, 1.54) is 5.56 Å². The Morgan fingerprint density at radius 2 is 1.85 bits per heavy atom. The van der Waals surface area contributed by atoms with Crippen molar-refractivity contribution in [2.24, 2.45) is 5.92 Å². The van der Waals surface area contributed by atoms with Crippen molar-refractivity contribution in [3.63, 3.8) is 0 Å². The average molecular weight is 361 g/mol. The van der Waals surface area contributed by atoms with Crippen molar-refractivity contribution in [2.45, 2.75) is 32.2 Å². The first-order valence-electron chi connectivity index (χ1n) is 9.81. The molecule has 4 heteroatoms. The molecule has 0 aliphatic carbocycles. The van der Waals surface area contributed by atoms with Gasteiger partial charge in [0.1, 0.15) is 5.78 Å². The normalized spacial score (nSPS) is 16.0. The van der Waals surface area contributed by atoms with E-state index in [0.717, 1.165) is 54.8 Å². The highest BCUT2D eigenvalue weighted by Crippen LogP contribution is 2.24. The zero-order valence-electron chi connectivity index (χ0n) is 15.7. The average Bonchev–Trinajstić information content (AvgIpc) is 3.05. The molecule has 3 aromatic rings. The second-order valence-electron chi connectivity index (χ2n) is 7.77. The van der Waals surface area contributed by atoms with Crippen LogP contribution in [0.5, 0.6) is 0 Å². The Kier molecular flexibility index (Phi) is 5.26. The van der Waals surface area contributed by atoms with Gasteiger partial charge < -0.3 is 10.7 Å². The molecular weight excluding hydrogens is 334 g/mol. The van der Waals surface area contributed by atoms with Crippen LogP contribution in [-0.2, 0) is 17.8 Å². The summed E-state index contributed by atoms with van der Waals surface area (Å²) < 4.78 is 0. The number of H-pyrrole nitrogens is 1. The minimum absolute atomic E-state index is 0.330. The van der Waals surface area contributed by atoms with E-state index in [9.17, 15) is 4.79 Å². The minimum Gasteiger partial charge on any atom is -0.399 e. The van der Waals surface area contributed by atoms with Crippen LogP contribution in [0.1, 0.15) is 30.5 Å². The summed E-state index contributed by atoms with van der Waals surface area (Å²) in [6.07, 6.45) is 3.40. The number of hydrogen-bond acceptors (Lipinski definition) is 3. The molecule has 2 aromatic carbocycles. The summed E-state index contributed by atoms with van der Waals surface area (Å²) in [6.45, 7) is 3.18. The highest BCUT2D eigenvalue weighted by molar-refractivity contribution is 5.86. The molecule has 0 amide bonds. The first kappa shape index (κ1) is 17.8.